The van der Waals surface area contributed by atoms with Crippen molar-refractivity contribution in [2.45, 2.75) is 25.6 Å². The van der Waals surface area contributed by atoms with Crippen LogP contribution in [0.1, 0.15) is 25.0 Å². The van der Waals surface area contributed by atoms with Gasteiger partial charge < -0.3 is 15.3 Å². The van der Waals surface area contributed by atoms with Crippen LogP contribution >= 0.6 is 11.3 Å². The molecule has 2 heterocycles. The average Bonchev–Trinajstić information content (AvgIpc) is 2.78. The van der Waals surface area contributed by atoms with E-state index in [0.717, 1.165) is 19.3 Å². The van der Waals surface area contributed by atoms with Gasteiger partial charge in [-0.2, -0.15) is 0 Å². The molecule has 1 unspecified atom stereocenters. The summed E-state index contributed by atoms with van der Waals surface area (Å²) in [5.74, 6) is 0. The predicted molar refractivity (Wildman–Crippen MR) is 63.8 cm³/mol. The van der Waals surface area contributed by atoms with Crippen LogP contribution in [0.5, 0.6) is 0 Å². The van der Waals surface area contributed by atoms with E-state index >= 15 is 0 Å². The Morgan fingerprint density at radius 3 is 3.18 bits per heavy atom. The van der Waals surface area contributed by atoms with Crippen molar-refractivity contribution in [3.05, 3.63) is 11.1 Å². The number of anilines is 1. The highest BCUT2D eigenvalue weighted by molar-refractivity contribution is 7.13. The predicted octanol–water partition coefficient (Wildman–Crippen LogP) is 1.17. The van der Waals surface area contributed by atoms with Crippen LogP contribution in [-0.4, -0.2) is 29.9 Å². The summed E-state index contributed by atoms with van der Waals surface area (Å²) in [6, 6.07) is 0. The highest BCUT2D eigenvalue weighted by Gasteiger charge is 2.15. The number of ether oxygens (including phenoxy) is 1. The molecule has 2 N–H and O–H groups in total. The third-order valence-corrected chi connectivity index (χ3v) is 2.98. The quantitative estimate of drug-likeness (QED) is 0.496. The number of oxime groups is 1. The second kappa shape index (κ2) is 5.74. The van der Waals surface area contributed by atoms with Gasteiger partial charge in [-0.25, -0.2) is 4.98 Å². The molecule has 1 aromatic rings. The fraction of sp³-hybridized carbons (Fsp3) is 0.500. The fourth-order valence-corrected chi connectivity index (χ4v) is 2.00. The van der Waals surface area contributed by atoms with Crippen molar-refractivity contribution >= 4 is 28.5 Å². The summed E-state index contributed by atoms with van der Waals surface area (Å²) in [5, 5.41) is 5.81. The number of rotatable bonds is 4. The van der Waals surface area contributed by atoms with Crippen LogP contribution in [0, 0.1) is 0 Å². The normalized spacial score (nSPS) is 21.2. The number of aromatic nitrogens is 1. The Morgan fingerprint density at radius 2 is 2.59 bits per heavy atom. The molecule has 1 aromatic heterocycles. The van der Waals surface area contributed by atoms with Crippen molar-refractivity contribution in [3.63, 3.8) is 0 Å². The van der Waals surface area contributed by atoms with Crippen molar-refractivity contribution in [1.29, 1.82) is 0 Å². The van der Waals surface area contributed by atoms with Crippen LogP contribution in [0.15, 0.2) is 10.5 Å². The van der Waals surface area contributed by atoms with Gasteiger partial charge in [0.05, 0.1) is 6.61 Å². The molecule has 1 atom stereocenters. The maximum absolute atomic E-state index is 10.9. The molecule has 0 aliphatic carbocycles. The van der Waals surface area contributed by atoms with Gasteiger partial charge in [-0.15, -0.1) is 11.3 Å². The van der Waals surface area contributed by atoms with E-state index in [1.807, 2.05) is 0 Å². The minimum atomic E-state index is -0.366. The third kappa shape index (κ3) is 3.24. The van der Waals surface area contributed by atoms with Crippen LogP contribution in [0.3, 0.4) is 0 Å². The summed E-state index contributed by atoms with van der Waals surface area (Å²) in [7, 11) is 0. The lowest BCUT2D eigenvalue weighted by Gasteiger charge is -2.20. The van der Waals surface area contributed by atoms with Gasteiger partial charge in [0.2, 0.25) is 6.29 Å². The Morgan fingerprint density at radius 1 is 1.71 bits per heavy atom. The topological polar surface area (TPSA) is 86.8 Å². The summed E-state index contributed by atoms with van der Waals surface area (Å²) < 4.78 is 5.33. The summed E-state index contributed by atoms with van der Waals surface area (Å²) in [6.07, 6.45) is 3.09. The number of nitrogens with two attached hydrogens (primary N) is 1. The van der Waals surface area contributed by atoms with Gasteiger partial charge in [0.1, 0.15) is 5.69 Å². The molecule has 0 spiro atoms. The first kappa shape index (κ1) is 12.0. The Hall–Kier alpha value is -1.47. The molecule has 0 amide bonds. The smallest absolute Gasteiger partial charge is 0.226 e. The molecule has 17 heavy (non-hydrogen) atoms. The van der Waals surface area contributed by atoms with E-state index in [4.69, 9.17) is 15.3 Å². The lowest BCUT2D eigenvalue weighted by molar-refractivity contribution is -0.162. The molecule has 6 nitrogen and oxygen atoms in total. The highest BCUT2D eigenvalue weighted by Crippen LogP contribution is 2.15. The van der Waals surface area contributed by atoms with Crippen LogP contribution in [0.4, 0.5) is 5.13 Å². The molecule has 1 aliphatic rings. The van der Waals surface area contributed by atoms with Crippen molar-refractivity contribution in [3.8, 4) is 0 Å². The van der Waals surface area contributed by atoms with Gasteiger partial charge in [0.15, 0.2) is 17.1 Å². The SMILES string of the molecule is Nc1nc(/C(C=O)=N/OC2CCCCO2)cs1. The van der Waals surface area contributed by atoms with Crippen molar-refractivity contribution in [2.24, 2.45) is 5.16 Å². The van der Waals surface area contributed by atoms with E-state index in [9.17, 15) is 4.79 Å². The number of carbonyl (C=O) groups excluding carboxylic acids is 1. The van der Waals surface area contributed by atoms with Gasteiger partial charge in [-0.3, -0.25) is 4.79 Å². The largest absolute Gasteiger partial charge is 0.375 e. The van der Waals surface area contributed by atoms with Crippen LogP contribution in [-0.2, 0) is 14.4 Å². The first-order valence-corrected chi connectivity index (χ1v) is 6.19. The molecule has 0 radical (unpaired) electrons. The maximum Gasteiger partial charge on any atom is 0.226 e. The van der Waals surface area contributed by atoms with Crippen LogP contribution in [0.25, 0.3) is 0 Å². The Labute approximate surface area is 102 Å². The minimum Gasteiger partial charge on any atom is -0.375 e. The van der Waals surface area contributed by atoms with Crippen molar-refractivity contribution in [1.82, 2.24) is 4.98 Å². The van der Waals surface area contributed by atoms with E-state index in [1.165, 1.54) is 11.3 Å². The van der Waals surface area contributed by atoms with E-state index in [-0.39, 0.29) is 12.0 Å². The molecular weight excluding hydrogens is 242 g/mol. The maximum atomic E-state index is 10.9. The average molecular weight is 255 g/mol. The molecule has 7 heteroatoms. The molecule has 2 rings (SSSR count). The second-order valence-corrected chi connectivity index (χ2v) is 4.46. The Kier molecular flexibility index (Phi) is 4.05. The summed E-state index contributed by atoms with van der Waals surface area (Å²) in [4.78, 5) is 20.0. The molecule has 1 fully saturated rings. The summed E-state index contributed by atoms with van der Waals surface area (Å²) in [5.41, 5.74) is 6.04. The molecule has 0 aromatic carbocycles. The standard InChI is InChI=1S/C10H13N3O3S/c11-10-12-8(6-17-10)7(5-14)13-16-9-3-1-2-4-15-9/h5-6,9H,1-4H2,(H2,11,12)/b13-7+. The molecule has 1 saturated heterocycles. The van der Waals surface area contributed by atoms with E-state index in [1.54, 1.807) is 5.38 Å². The zero-order valence-electron chi connectivity index (χ0n) is 9.17. The number of aldehydes is 1. The van der Waals surface area contributed by atoms with Crippen LogP contribution in [0.2, 0.25) is 0 Å². The third-order valence-electron chi connectivity index (χ3n) is 2.30. The van der Waals surface area contributed by atoms with Crippen molar-refractivity contribution < 1.29 is 14.4 Å². The highest BCUT2D eigenvalue weighted by atomic mass is 32.1. The van der Waals surface area contributed by atoms with Crippen molar-refractivity contribution in [2.75, 3.05) is 12.3 Å². The van der Waals surface area contributed by atoms with Gasteiger partial charge in [-0.05, 0) is 12.8 Å². The first-order valence-electron chi connectivity index (χ1n) is 5.31. The molecule has 0 saturated carbocycles. The summed E-state index contributed by atoms with van der Waals surface area (Å²) in [6.45, 7) is 0.667. The Balaban J connectivity index is 1.99. The number of hydrogen-bond donors (Lipinski definition) is 1. The lowest BCUT2D eigenvalue weighted by atomic mass is 10.2. The fourth-order valence-electron chi connectivity index (χ4n) is 1.44. The minimum absolute atomic E-state index is 0.132. The lowest BCUT2D eigenvalue weighted by Crippen LogP contribution is -2.21. The van der Waals surface area contributed by atoms with Gasteiger partial charge in [-0.1, -0.05) is 5.16 Å². The number of carbonyl (C=O) groups is 1. The van der Waals surface area contributed by atoms with E-state index in [2.05, 4.69) is 10.1 Å². The molecule has 1 aliphatic heterocycles. The molecule has 0 bridgehead atoms. The van der Waals surface area contributed by atoms with Gasteiger partial charge in [0.25, 0.3) is 0 Å². The number of hydrogen-bond acceptors (Lipinski definition) is 7. The van der Waals surface area contributed by atoms with Crippen LogP contribution < -0.4 is 5.73 Å². The zero-order valence-corrected chi connectivity index (χ0v) is 9.98. The monoisotopic (exact) mass is 255 g/mol. The van der Waals surface area contributed by atoms with Gasteiger partial charge in [0, 0.05) is 11.8 Å². The van der Waals surface area contributed by atoms with E-state index in [0.29, 0.717) is 23.7 Å². The molecular formula is C10H13N3O3S. The number of thiazole rings is 1. The molecule has 92 valence electrons. The number of nitrogen functional groups attached to an aromatic ring is 1. The Bertz CT molecular complexity index is 413. The van der Waals surface area contributed by atoms with E-state index < -0.39 is 0 Å². The second-order valence-electron chi connectivity index (χ2n) is 3.57. The first-order chi connectivity index (χ1) is 8.29. The zero-order chi connectivity index (χ0) is 12.1. The number of nitrogens with zero attached hydrogens (tertiary/aromatic N) is 2. The van der Waals surface area contributed by atoms with Gasteiger partial charge >= 0.3 is 0 Å². The summed E-state index contributed by atoms with van der Waals surface area (Å²) >= 11 is 1.25.